The molecule has 1 saturated heterocycles. The van der Waals surface area contributed by atoms with Crippen LogP contribution < -0.4 is 15.4 Å². The first-order valence-corrected chi connectivity index (χ1v) is 10.4. The lowest BCUT2D eigenvalue weighted by Crippen LogP contribution is -2.42. The number of piperidine rings is 1. The number of amides is 1. The van der Waals surface area contributed by atoms with Crippen molar-refractivity contribution in [3.63, 3.8) is 0 Å². The highest BCUT2D eigenvalue weighted by atomic mass is 32.2. The van der Waals surface area contributed by atoms with Gasteiger partial charge in [-0.25, -0.2) is 13.1 Å². The van der Waals surface area contributed by atoms with Crippen molar-refractivity contribution in [1.82, 2.24) is 15.4 Å². The third kappa shape index (κ3) is 6.09. The van der Waals surface area contributed by atoms with Gasteiger partial charge in [-0.1, -0.05) is 26.0 Å². The molecule has 2 rings (SSSR count). The molecule has 6 nitrogen and oxygen atoms in total. The highest BCUT2D eigenvalue weighted by molar-refractivity contribution is 7.89. The van der Waals surface area contributed by atoms with Crippen molar-refractivity contribution in [2.75, 3.05) is 13.1 Å². The highest BCUT2D eigenvalue weighted by Crippen LogP contribution is 2.16. The Kier molecular flexibility index (Phi) is 6.98. The van der Waals surface area contributed by atoms with E-state index in [1.54, 1.807) is 24.3 Å². The molecule has 0 radical (unpaired) electrons. The van der Waals surface area contributed by atoms with Gasteiger partial charge in [0.05, 0.1) is 4.90 Å². The van der Waals surface area contributed by atoms with Crippen LogP contribution in [0.2, 0.25) is 0 Å². The van der Waals surface area contributed by atoms with Gasteiger partial charge in [0.1, 0.15) is 0 Å². The molecule has 1 amide bonds. The average molecular weight is 368 g/mol. The van der Waals surface area contributed by atoms with E-state index in [0.29, 0.717) is 19.1 Å². The SMILES string of the molecule is CC(C)CNS(=O)(=O)c1ccc(CNC(=O)[C@H]2CCN[C@@H](C)C2)cc1. The van der Waals surface area contributed by atoms with Crippen LogP contribution >= 0.6 is 0 Å². The number of rotatable bonds is 7. The Morgan fingerprint density at radius 1 is 1.28 bits per heavy atom. The van der Waals surface area contributed by atoms with Crippen molar-refractivity contribution in [2.24, 2.45) is 11.8 Å². The fourth-order valence-corrected chi connectivity index (χ4v) is 4.06. The number of sulfonamides is 1. The van der Waals surface area contributed by atoms with Crippen molar-refractivity contribution in [3.05, 3.63) is 29.8 Å². The minimum atomic E-state index is -3.47. The maximum Gasteiger partial charge on any atom is 0.240 e. The smallest absolute Gasteiger partial charge is 0.240 e. The van der Waals surface area contributed by atoms with Crippen molar-refractivity contribution in [3.8, 4) is 0 Å². The molecule has 1 heterocycles. The molecule has 3 N–H and O–H groups in total. The Labute approximate surface area is 150 Å². The standard InChI is InChI=1S/C18H29N3O3S/c1-13(2)11-21-25(23,24)17-6-4-15(5-7-17)12-20-18(22)16-8-9-19-14(3)10-16/h4-7,13-14,16,19,21H,8-12H2,1-3H3,(H,20,22)/t14-,16-/m0/s1. The zero-order valence-corrected chi connectivity index (χ0v) is 16.0. The summed E-state index contributed by atoms with van der Waals surface area (Å²) in [6, 6.07) is 7.02. The second kappa shape index (κ2) is 8.78. The normalized spacial score (nSPS) is 21.3. The Balaban J connectivity index is 1.88. The molecule has 0 aliphatic carbocycles. The molecule has 7 heteroatoms. The molecule has 1 aromatic carbocycles. The third-order valence-corrected chi connectivity index (χ3v) is 5.82. The fourth-order valence-electron chi connectivity index (χ4n) is 2.85. The Morgan fingerprint density at radius 3 is 2.56 bits per heavy atom. The molecule has 0 aromatic heterocycles. The molecule has 1 aliphatic heterocycles. The van der Waals surface area contributed by atoms with Gasteiger partial charge >= 0.3 is 0 Å². The topological polar surface area (TPSA) is 87.3 Å². The summed E-state index contributed by atoms with van der Waals surface area (Å²) in [5.41, 5.74) is 0.887. The third-order valence-electron chi connectivity index (χ3n) is 4.38. The molecule has 0 saturated carbocycles. The van der Waals surface area contributed by atoms with Gasteiger partial charge in [0.15, 0.2) is 0 Å². The second-order valence-corrected chi connectivity index (χ2v) is 8.95. The highest BCUT2D eigenvalue weighted by Gasteiger charge is 2.24. The van der Waals surface area contributed by atoms with E-state index in [1.807, 2.05) is 13.8 Å². The van der Waals surface area contributed by atoms with E-state index in [-0.39, 0.29) is 22.6 Å². The number of benzene rings is 1. The molecule has 1 fully saturated rings. The summed E-state index contributed by atoms with van der Waals surface area (Å²) in [5, 5.41) is 6.29. The molecular weight excluding hydrogens is 338 g/mol. The van der Waals surface area contributed by atoms with Crippen LogP contribution in [-0.4, -0.2) is 33.5 Å². The van der Waals surface area contributed by atoms with Crippen LogP contribution in [0.5, 0.6) is 0 Å². The van der Waals surface area contributed by atoms with Crippen molar-refractivity contribution in [2.45, 2.75) is 51.1 Å². The van der Waals surface area contributed by atoms with Gasteiger partial charge in [0.2, 0.25) is 15.9 Å². The zero-order valence-electron chi connectivity index (χ0n) is 15.2. The Hall–Kier alpha value is -1.44. The lowest BCUT2D eigenvalue weighted by atomic mass is 9.92. The summed E-state index contributed by atoms with van der Waals surface area (Å²) < 4.78 is 26.9. The fraction of sp³-hybridized carbons (Fsp3) is 0.611. The number of carbonyl (C=O) groups is 1. The van der Waals surface area contributed by atoms with Gasteiger partial charge in [-0.15, -0.1) is 0 Å². The van der Waals surface area contributed by atoms with Crippen molar-refractivity contribution in [1.29, 1.82) is 0 Å². The summed E-state index contributed by atoms with van der Waals surface area (Å²) in [5.74, 6) is 0.377. The van der Waals surface area contributed by atoms with Crippen LogP contribution in [0.4, 0.5) is 0 Å². The predicted molar refractivity (Wildman–Crippen MR) is 98.5 cm³/mol. The predicted octanol–water partition coefficient (Wildman–Crippen LogP) is 1.63. The zero-order chi connectivity index (χ0) is 18.4. The average Bonchev–Trinajstić information content (AvgIpc) is 2.58. The summed E-state index contributed by atoms with van der Waals surface area (Å²) in [7, 11) is -3.47. The van der Waals surface area contributed by atoms with Crippen molar-refractivity contribution < 1.29 is 13.2 Å². The van der Waals surface area contributed by atoms with E-state index in [0.717, 1.165) is 24.9 Å². The minimum absolute atomic E-state index is 0.0520. The van der Waals surface area contributed by atoms with Gasteiger partial charge < -0.3 is 10.6 Å². The van der Waals surface area contributed by atoms with Gasteiger partial charge in [0.25, 0.3) is 0 Å². The summed E-state index contributed by atoms with van der Waals surface area (Å²) >= 11 is 0. The van der Waals surface area contributed by atoms with Crippen LogP contribution in [-0.2, 0) is 21.4 Å². The largest absolute Gasteiger partial charge is 0.352 e. The quantitative estimate of drug-likeness (QED) is 0.683. The van der Waals surface area contributed by atoms with E-state index in [2.05, 4.69) is 22.3 Å². The van der Waals surface area contributed by atoms with Crippen molar-refractivity contribution >= 4 is 15.9 Å². The Bertz CT molecular complexity index is 671. The Morgan fingerprint density at radius 2 is 1.96 bits per heavy atom. The minimum Gasteiger partial charge on any atom is -0.352 e. The maximum atomic E-state index is 12.2. The van der Waals surface area contributed by atoms with Crippen LogP contribution in [0.25, 0.3) is 0 Å². The summed E-state index contributed by atoms with van der Waals surface area (Å²) in [4.78, 5) is 12.5. The van der Waals surface area contributed by atoms with E-state index < -0.39 is 10.0 Å². The molecular formula is C18H29N3O3S. The van der Waals surface area contributed by atoms with Gasteiger partial charge in [-0.05, 0) is 49.9 Å². The number of hydrogen-bond acceptors (Lipinski definition) is 4. The molecule has 2 atom stereocenters. The number of nitrogens with one attached hydrogen (secondary N) is 3. The van der Waals surface area contributed by atoms with Gasteiger partial charge in [-0.3, -0.25) is 4.79 Å². The van der Waals surface area contributed by atoms with Crippen LogP contribution in [0.15, 0.2) is 29.2 Å². The molecule has 140 valence electrons. The number of carbonyl (C=O) groups excluding carboxylic acids is 1. The molecule has 0 unspecified atom stereocenters. The lowest BCUT2D eigenvalue weighted by molar-refractivity contribution is -0.126. The monoisotopic (exact) mass is 367 g/mol. The first-order chi connectivity index (χ1) is 11.8. The lowest BCUT2D eigenvalue weighted by Gasteiger charge is -2.27. The first kappa shape index (κ1) is 19.9. The maximum absolute atomic E-state index is 12.2. The van der Waals surface area contributed by atoms with E-state index >= 15 is 0 Å². The number of hydrogen-bond donors (Lipinski definition) is 3. The molecule has 25 heavy (non-hydrogen) atoms. The summed E-state index contributed by atoms with van der Waals surface area (Å²) in [6.07, 6.45) is 1.71. The summed E-state index contributed by atoms with van der Waals surface area (Å²) in [6.45, 7) is 7.70. The van der Waals surface area contributed by atoms with Crippen LogP contribution in [0, 0.1) is 11.8 Å². The van der Waals surface area contributed by atoms with Crippen LogP contribution in [0.3, 0.4) is 0 Å². The molecule has 0 bridgehead atoms. The molecule has 1 aliphatic rings. The second-order valence-electron chi connectivity index (χ2n) is 7.18. The van der Waals surface area contributed by atoms with Crippen LogP contribution in [0.1, 0.15) is 39.2 Å². The molecule has 0 spiro atoms. The van der Waals surface area contributed by atoms with Gasteiger partial charge in [-0.2, -0.15) is 0 Å². The van der Waals surface area contributed by atoms with E-state index in [9.17, 15) is 13.2 Å². The van der Waals surface area contributed by atoms with E-state index in [4.69, 9.17) is 0 Å². The van der Waals surface area contributed by atoms with Gasteiger partial charge in [0, 0.05) is 25.0 Å². The first-order valence-electron chi connectivity index (χ1n) is 8.87. The van der Waals surface area contributed by atoms with E-state index in [1.165, 1.54) is 0 Å². The molecule has 1 aromatic rings.